The minimum Gasteiger partial charge on any atom is -0.480 e. The van der Waals surface area contributed by atoms with E-state index in [1.54, 1.807) is 0 Å². The van der Waals surface area contributed by atoms with Crippen molar-refractivity contribution in [2.75, 3.05) is 5.75 Å². The van der Waals surface area contributed by atoms with E-state index in [0.29, 0.717) is 17.7 Å². The van der Waals surface area contributed by atoms with Crippen LogP contribution in [0.4, 0.5) is 4.39 Å². The van der Waals surface area contributed by atoms with Crippen molar-refractivity contribution in [1.29, 1.82) is 0 Å². The van der Waals surface area contributed by atoms with E-state index < -0.39 is 23.7 Å². The molecule has 0 spiro atoms. The van der Waals surface area contributed by atoms with Gasteiger partial charge >= 0.3 is 5.97 Å². The van der Waals surface area contributed by atoms with Gasteiger partial charge in [-0.1, -0.05) is 0 Å². The van der Waals surface area contributed by atoms with Crippen LogP contribution in [0.15, 0.2) is 18.2 Å². The monoisotopic (exact) mass is 314 g/mol. The molecule has 0 heterocycles. The van der Waals surface area contributed by atoms with Gasteiger partial charge in [-0.05, 0) is 35.9 Å². The number of carboxylic acid groups (broad SMARTS) is 1. The molecule has 21 heavy (non-hydrogen) atoms. The van der Waals surface area contributed by atoms with E-state index in [-0.39, 0.29) is 17.7 Å². The fraction of sp³-hybridized carbons (Fsp3) is 0.308. The summed E-state index contributed by atoms with van der Waals surface area (Å²) in [6.07, 6.45) is 0.551. The molecule has 2 amide bonds. The molecule has 114 valence electrons. The van der Waals surface area contributed by atoms with E-state index >= 15 is 0 Å². The zero-order valence-electron chi connectivity index (χ0n) is 11.0. The normalized spacial score (nSPS) is 11.7. The number of primary amides is 1. The van der Waals surface area contributed by atoms with E-state index in [9.17, 15) is 18.8 Å². The summed E-state index contributed by atoms with van der Waals surface area (Å²) in [5.74, 6) is -1.52. The third-order valence-electron chi connectivity index (χ3n) is 2.71. The molecule has 4 N–H and O–H groups in total. The van der Waals surface area contributed by atoms with Crippen molar-refractivity contribution >= 4 is 30.0 Å². The minimum absolute atomic E-state index is 0.218. The second-order valence-electron chi connectivity index (χ2n) is 4.19. The summed E-state index contributed by atoms with van der Waals surface area (Å²) in [5.41, 5.74) is 5.67. The highest BCUT2D eigenvalue weighted by Crippen LogP contribution is 2.18. The summed E-state index contributed by atoms with van der Waals surface area (Å²) in [7, 11) is 0. The molecule has 8 heteroatoms. The fourth-order valence-electron chi connectivity index (χ4n) is 1.58. The number of halogens is 1. The van der Waals surface area contributed by atoms with Crippen LogP contribution < -0.4 is 11.1 Å². The molecule has 1 atom stereocenters. The first-order valence-corrected chi connectivity index (χ1v) is 7.19. The third kappa shape index (κ3) is 5.42. The molecular formula is C13H15FN2O4S. The number of amides is 2. The van der Waals surface area contributed by atoms with Crippen LogP contribution in [0.2, 0.25) is 0 Å². The van der Waals surface area contributed by atoms with Crippen LogP contribution in [0.3, 0.4) is 0 Å². The molecule has 0 bridgehead atoms. The lowest BCUT2D eigenvalue weighted by atomic mass is 10.1. The number of carbonyl (C=O) groups excluding carboxylic acids is 2. The Labute approximate surface area is 124 Å². The first-order valence-electron chi connectivity index (χ1n) is 6.04. The zero-order valence-corrected chi connectivity index (χ0v) is 11.9. The summed E-state index contributed by atoms with van der Waals surface area (Å²) >= 11 is 1.30. The highest BCUT2D eigenvalue weighted by molar-refractivity contribution is 7.98. The van der Waals surface area contributed by atoms with Crippen LogP contribution in [0.1, 0.15) is 22.3 Å². The van der Waals surface area contributed by atoms with Crippen LogP contribution in [-0.4, -0.2) is 35.2 Å². The maximum atomic E-state index is 13.5. The molecule has 0 saturated carbocycles. The largest absolute Gasteiger partial charge is 0.480 e. The van der Waals surface area contributed by atoms with E-state index in [0.717, 1.165) is 0 Å². The maximum Gasteiger partial charge on any atom is 0.326 e. The smallest absolute Gasteiger partial charge is 0.326 e. The number of nitrogens with two attached hydrogens (primary N) is 1. The van der Waals surface area contributed by atoms with Crippen LogP contribution in [0.25, 0.3) is 0 Å². The van der Waals surface area contributed by atoms with Gasteiger partial charge in [-0.15, -0.1) is 0 Å². The van der Waals surface area contributed by atoms with Crippen molar-refractivity contribution in [3.05, 3.63) is 35.1 Å². The van der Waals surface area contributed by atoms with E-state index in [4.69, 9.17) is 10.8 Å². The fourth-order valence-corrected chi connectivity index (χ4v) is 2.57. The van der Waals surface area contributed by atoms with Crippen LogP contribution in [-0.2, 0) is 15.3 Å². The van der Waals surface area contributed by atoms with Crippen LogP contribution >= 0.6 is 11.8 Å². The molecular weight excluding hydrogens is 299 g/mol. The molecule has 0 aliphatic rings. The number of carboxylic acids is 1. The number of hydrogen-bond acceptors (Lipinski definition) is 4. The number of carbonyl (C=O) groups is 3. The number of thioether (sulfide) groups is 1. The van der Waals surface area contributed by atoms with Crippen molar-refractivity contribution in [2.24, 2.45) is 5.73 Å². The van der Waals surface area contributed by atoms with Gasteiger partial charge in [0.2, 0.25) is 12.3 Å². The topological polar surface area (TPSA) is 109 Å². The molecule has 1 rings (SSSR count). The Morgan fingerprint density at radius 3 is 2.76 bits per heavy atom. The van der Waals surface area contributed by atoms with E-state index in [2.05, 4.69) is 5.32 Å². The average molecular weight is 314 g/mol. The summed E-state index contributed by atoms with van der Waals surface area (Å²) in [6, 6.07) is 2.89. The summed E-state index contributed by atoms with van der Waals surface area (Å²) in [5, 5.41) is 11.0. The highest BCUT2D eigenvalue weighted by Gasteiger charge is 2.15. The number of aliphatic carboxylic acids is 1. The summed E-state index contributed by atoms with van der Waals surface area (Å²) in [6.45, 7) is 0. The van der Waals surface area contributed by atoms with E-state index in [1.807, 2.05) is 0 Å². The van der Waals surface area contributed by atoms with Gasteiger partial charge in [0.15, 0.2) is 0 Å². The van der Waals surface area contributed by atoms with Gasteiger partial charge in [-0.2, -0.15) is 11.8 Å². The summed E-state index contributed by atoms with van der Waals surface area (Å²) in [4.78, 5) is 32.0. The lowest BCUT2D eigenvalue weighted by Gasteiger charge is -2.10. The van der Waals surface area contributed by atoms with Crippen molar-refractivity contribution in [3.63, 3.8) is 0 Å². The molecule has 1 aromatic carbocycles. The Morgan fingerprint density at radius 1 is 1.48 bits per heavy atom. The Hall–Kier alpha value is -2.09. The molecule has 1 aromatic rings. The van der Waals surface area contributed by atoms with Gasteiger partial charge in [0, 0.05) is 11.3 Å². The molecule has 0 aliphatic heterocycles. The van der Waals surface area contributed by atoms with Gasteiger partial charge in [-0.3, -0.25) is 9.59 Å². The molecule has 0 saturated heterocycles. The quantitative estimate of drug-likeness (QED) is 0.460. The summed E-state index contributed by atoms with van der Waals surface area (Å²) < 4.78 is 13.5. The van der Waals surface area contributed by atoms with Gasteiger partial charge in [0.25, 0.3) is 0 Å². The van der Waals surface area contributed by atoms with Gasteiger partial charge in [0.05, 0.1) is 0 Å². The standard InChI is InChI=1S/C13H15FN2O4S/c14-10-2-1-8(12(15)18)5-9(10)6-21-4-3-11(13(19)20)16-7-17/h1-2,5,7,11H,3-4,6H2,(H2,15,18)(H,16,17)(H,19,20). The SMILES string of the molecule is NC(=O)c1ccc(F)c(CSCCC(NC=O)C(=O)O)c1. The second-order valence-corrected chi connectivity index (χ2v) is 5.29. The second kappa shape index (κ2) is 8.25. The van der Waals surface area contributed by atoms with Crippen molar-refractivity contribution in [3.8, 4) is 0 Å². The van der Waals surface area contributed by atoms with E-state index in [1.165, 1.54) is 30.0 Å². The number of hydrogen-bond donors (Lipinski definition) is 3. The number of rotatable bonds is 9. The molecule has 6 nitrogen and oxygen atoms in total. The first-order chi connectivity index (χ1) is 9.95. The number of benzene rings is 1. The van der Waals surface area contributed by atoms with Gasteiger partial charge in [-0.25, -0.2) is 9.18 Å². The maximum absolute atomic E-state index is 13.5. The number of nitrogens with one attached hydrogen (secondary N) is 1. The van der Waals surface area contributed by atoms with Crippen LogP contribution in [0, 0.1) is 5.82 Å². The highest BCUT2D eigenvalue weighted by atomic mass is 32.2. The third-order valence-corrected chi connectivity index (χ3v) is 3.75. The predicted molar refractivity (Wildman–Crippen MR) is 76.3 cm³/mol. The first kappa shape index (κ1) is 17.0. The minimum atomic E-state index is -1.12. The molecule has 0 fully saturated rings. The van der Waals surface area contributed by atoms with Crippen molar-refractivity contribution in [2.45, 2.75) is 18.2 Å². The van der Waals surface area contributed by atoms with Gasteiger partial charge in [0.1, 0.15) is 11.9 Å². The predicted octanol–water partition coefficient (Wildman–Crippen LogP) is 0.747. The van der Waals surface area contributed by atoms with Gasteiger partial charge < -0.3 is 16.2 Å². The zero-order chi connectivity index (χ0) is 15.8. The van der Waals surface area contributed by atoms with Crippen molar-refractivity contribution < 1.29 is 23.9 Å². The lowest BCUT2D eigenvalue weighted by molar-refractivity contribution is -0.140. The molecule has 0 aliphatic carbocycles. The molecule has 0 aromatic heterocycles. The molecule has 1 unspecified atom stereocenters. The van der Waals surface area contributed by atoms with Crippen molar-refractivity contribution in [1.82, 2.24) is 5.32 Å². The lowest BCUT2D eigenvalue weighted by Crippen LogP contribution is -2.36. The average Bonchev–Trinajstić information content (AvgIpc) is 2.43. The Morgan fingerprint density at radius 2 is 2.19 bits per heavy atom. The molecule has 0 radical (unpaired) electrons. The Balaban J connectivity index is 2.52. The Bertz CT molecular complexity index is 539. The Kier molecular flexibility index (Phi) is 6.67. The van der Waals surface area contributed by atoms with Crippen LogP contribution in [0.5, 0.6) is 0 Å².